The van der Waals surface area contributed by atoms with Crippen molar-refractivity contribution in [1.29, 1.82) is 0 Å². The lowest BCUT2D eigenvalue weighted by molar-refractivity contribution is 0.0898. The number of rotatable bonds is 8. The molecule has 0 spiro atoms. The van der Waals surface area contributed by atoms with Gasteiger partial charge in [-0.3, -0.25) is 0 Å². The summed E-state index contributed by atoms with van der Waals surface area (Å²) in [4.78, 5) is 0. The summed E-state index contributed by atoms with van der Waals surface area (Å²) in [6.07, 6.45) is -0.108. The number of nitrogens with one attached hydrogen (secondary N) is 1. The fourth-order valence-corrected chi connectivity index (χ4v) is 2.86. The van der Waals surface area contributed by atoms with E-state index in [9.17, 15) is 0 Å². The van der Waals surface area contributed by atoms with Gasteiger partial charge in [0.05, 0.1) is 19.2 Å². The molecule has 0 aliphatic carbocycles. The number of methoxy groups -OCH3 is 2. The summed E-state index contributed by atoms with van der Waals surface area (Å²) in [5.74, 6) is 3.15. The minimum absolute atomic E-state index is 0. The molecule has 1 heterocycles. The number of ether oxygens (including phenoxy) is 5. The number of benzene rings is 2. The van der Waals surface area contributed by atoms with Crippen LogP contribution in [0.4, 0.5) is 0 Å². The first-order chi connectivity index (χ1) is 12.7. The molecule has 0 radical (unpaired) electrons. The second-order valence-electron chi connectivity index (χ2n) is 5.66. The van der Waals surface area contributed by atoms with Gasteiger partial charge in [-0.15, -0.1) is 12.4 Å². The first kappa shape index (κ1) is 21.3. The highest BCUT2D eigenvalue weighted by molar-refractivity contribution is 6.32. The van der Waals surface area contributed by atoms with E-state index in [-0.39, 0.29) is 18.5 Å². The smallest absolute Gasteiger partial charge is 0.203 e. The molecule has 0 unspecified atom stereocenters. The molecule has 6 nitrogen and oxygen atoms in total. The first-order valence-corrected chi connectivity index (χ1v) is 8.73. The normalized spacial score (nSPS) is 14.9. The van der Waals surface area contributed by atoms with Crippen LogP contribution in [0.2, 0.25) is 5.02 Å². The summed E-state index contributed by atoms with van der Waals surface area (Å²) >= 11 is 6.15. The number of fused-ring (bicyclic) bond motifs is 1. The quantitative estimate of drug-likeness (QED) is 0.664. The van der Waals surface area contributed by atoms with Crippen LogP contribution >= 0.6 is 24.0 Å². The van der Waals surface area contributed by atoms with E-state index in [1.54, 1.807) is 20.3 Å². The van der Waals surface area contributed by atoms with Crippen LogP contribution in [0.5, 0.6) is 28.7 Å². The van der Waals surface area contributed by atoms with Crippen LogP contribution in [0.15, 0.2) is 36.4 Å². The van der Waals surface area contributed by atoms with Crippen molar-refractivity contribution >= 4 is 24.0 Å². The maximum absolute atomic E-state index is 6.15. The zero-order valence-electron chi connectivity index (χ0n) is 15.2. The van der Waals surface area contributed by atoms with E-state index in [0.717, 1.165) is 0 Å². The zero-order valence-corrected chi connectivity index (χ0v) is 16.8. The van der Waals surface area contributed by atoms with Gasteiger partial charge in [-0.05, 0) is 24.3 Å². The molecule has 0 saturated carbocycles. The van der Waals surface area contributed by atoms with Crippen molar-refractivity contribution in [3.63, 3.8) is 0 Å². The number of para-hydroxylation sites is 2. The number of hydrogen-bond acceptors (Lipinski definition) is 6. The lowest BCUT2D eigenvalue weighted by atomic mass is 10.2. The van der Waals surface area contributed by atoms with E-state index >= 15 is 0 Å². The van der Waals surface area contributed by atoms with Crippen LogP contribution in [0.3, 0.4) is 0 Å². The Bertz CT molecular complexity index is 722. The maximum Gasteiger partial charge on any atom is 0.203 e. The fourth-order valence-electron chi connectivity index (χ4n) is 2.65. The molecular weight excluding hydrogens is 393 g/mol. The van der Waals surface area contributed by atoms with Crippen molar-refractivity contribution in [2.24, 2.45) is 0 Å². The largest absolute Gasteiger partial charge is 0.493 e. The standard InChI is InChI=1S/C19H22ClNO5.ClH/c1-22-15-6-4-7-16(23-2)19(15)24-10-9-21-11-13-12-25-17-8-3-5-14(20)18(17)26-13;/h3-8,13,21H,9-12H2,1-2H3;1H/t13-;/m0./s1. The van der Waals surface area contributed by atoms with Crippen molar-refractivity contribution in [3.8, 4) is 28.7 Å². The Kier molecular flexibility index (Phi) is 8.16. The molecule has 2 aromatic carbocycles. The molecule has 0 amide bonds. The average molecular weight is 416 g/mol. The van der Waals surface area contributed by atoms with Crippen LogP contribution in [0.25, 0.3) is 0 Å². The van der Waals surface area contributed by atoms with E-state index in [0.29, 0.717) is 60.1 Å². The predicted molar refractivity (Wildman–Crippen MR) is 107 cm³/mol. The molecule has 8 heteroatoms. The summed E-state index contributed by atoms with van der Waals surface area (Å²) < 4.78 is 28.0. The molecule has 2 aromatic rings. The lowest BCUT2D eigenvalue weighted by Gasteiger charge is -2.27. The van der Waals surface area contributed by atoms with E-state index in [1.165, 1.54) is 0 Å². The molecule has 148 valence electrons. The van der Waals surface area contributed by atoms with E-state index in [2.05, 4.69) is 5.32 Å². The number of halogens is 2. The van der Waals surface area contributed by atoms with Gasteiger partial charge in [0, 0.05) is 13.1 Å². The highest BCUT2D eigenvalue weighted by atomic mass is 35.5. The first-order valence-electron chi connectivity index (χ1n) is 8.35. The molecule has 0 bridgehead atoms. The molecule has 1 aliphatic rings. The van der Waals surface area contributed by atoms with Gasteiger partial charge in [-0.1, -0.05) is 23.7 Å². The van der Waals surface area contributed by atoms with Crippen LogP contribution in [0, 0.1) is 0 Å². The number of hydrogen-bond donors (Lipinski definition) is 1. The Labute approximate surface area is 170 Å². The molecule has 0 saturated heterocycles. The third-order valence-electron chi connectivity index (χ3n) is 3.92. The van der Waals surface area contributed by atoms with Gasteiger partial charge in [0.2, 0.25) is 5.75 Å². The van der Waals surface area contributed by atoms with Crippen molar-refractivity contribution in [2.75, 3.05) is 40.5 Å². The SMILES string of the molecule is COc1cccc(OC)c1OCCNC[C@H]1COc2cccc(Cl)c2O1.Cl. The second-order valence-corrected chi connectivity index (χ2v) is 6.07. The topological polar surface area (TPSA) is 58.2 Å². The van der Waals surface area contributed by atoms with E-state index < -0.39 is 0 Å². The molecule has 27 heavy (non-hydrogen) atoms. The minimum atomic E-state index is -0.108. The van der Waals surface area contributed by atoms with Gasteiger partial charge in [-0.2, -0.15) is 0 Å². The van der Waals surface area contributed by atoms with Crippen LogP contribution in [0.1, 0.15) is 0 Å². The van der Waals surface area contributed by atoms with Gasteiger partial charge in [0.25, 0.3) is 0 Å². The van der Waals surface area contributed by atoms with Crippen molar-refractivity contribution in [3.05, 3.63) is 41.4 Å². The van der Waals surface area contributed by atoms with E-state index in [1.807, 2.05) is 30.3 Å². The van der Waals surface area contributed by atoms with Gasteiger partial charge >= 0.3 is 0 Å². The summed E-state index contributed by atoms with van der Waals surface area (Å²) in [5, 5.41) is 3.85. The Morgan fingerprint density at radius 3 is 2.52 bits per heavy atom. The lowest BCUT2D eigenvalue weighted by Crippen LogP contribution is -2.39. The van der Waals surface area contributed by atoms with Gasteiger partial charge in [-0.25, -0.2) is 0 Å². The summed E-state index contributed by atoms with van der Waals surface area (Å²) in [5.41, 5.74) is 0. The van der Waals surface area contributed by atoms with Crippen molar-refractivity contribution < 1.29 is 23.7 Å². The second kappa shape index (κ2) is 10.3. The molecule has 1 atom stereocenters. The van der Waals surface area contributed by atoms with Gasteiger partial charge in [0.1, 0.15) is 19.3 Å². The third-order valence-corrected chi connectivity index (χ3v) is 4.22. The Morgan fingerprint density at radius 2 is 1.81 bits per heavy atom. The monoisotopic (exact) mass is 415 g/mol. The minimum Gasteiger partial charge on any atom is -0.493 e. The fraction of sp³-hybridized carbons (Fsp3) is 0.368. The van der Waals surface area contributed by atoms with Crippen molar-refractivity contribution in [2.45, 2.75) is 6.10 Å². The van der Waals surface area contributed by atoms with Crippen molar-refractivity contribution in [1.82, 2.24) is 5.32 Å². The van der Waals surface area contributed by atoms with Gasteiger partial charge in [0.15, 0.2) is 23.0 Å². The highest BCUT2D eigenvalue weighted by Gasteiger charge is 2.22. The summed E-state index contributed by atoms with van der Waals surface area (Å²) in [6, 6.07) is 11.0. The Balaban J connectivity index is 0.00000261. The van der Waals surface area contributed by atoms with Crippen LogP contribution in [-0.2, 0) is 0 Å². The summed E-state index contributed by atoms with van der Waals surface area (Å²) in [6.45, 7) is 2.19. The third kappa shape index (κ3) is 5.25. The molecule has 1 N–H and O–H groups in total. The summed E-state index contributed by atoms with van der Waals surface area (Å²) in [7, 11) is 3.20. The van der Waals surface area contributed by atoms with Crippen LogP contribution < -0.4 is 29.0 Å². The molecular formula is C19H23Cl2NO5. The molecule has 0 aromatic heterocycles. The predicted octanol–water partition coefficient (Wildman–Crippen LogP) is 3.59. The highest BCUT2D eigenvalue weighted by Crippen LogP contribution is 2.38. The Morgan fingerprint density at radius 1 is 1.11 bits per heavy atom. The maximum atomic E-state index is 6.15. The molecule has 1 aliphatic heterocycles. The van der Waals surface area contributed by atoms with Crippen LogP contribution in [-0.4, -0.2) is 46.6 Å². The zero-order chi connectivity index (χ0) is 18.4. The Hall–Kier alpha value is -2.02. The van der Waals surface area contributed by atoms with E-state index in [4.69, 9.17) is 35.3 Å². The molecule has 3 rings (SSSR count). The molecule has 0 fully saturated rings. The average Bonchev–Trinajstić information content (AvgIpc) is 2.68. The van der Waals surface area contributed by atoms with Gasteiger partial charge < -0.3 is 29.0 Å².